The predicted octanol–water partition coefficient (Wildman–Crippen LogP) is 2.37. The molecule has 0 aromatic rings. The van der Waals surface area contributed by atoms with E-state index in [9.17, 15) is 0 Å². The van der Waals surface area contributed by atoms with E-state index in [1.165, 1.54) is 10.8 Å². The Morgan fingerprint density at radius 1 is 1.62 bits per heavy atom. The van der Waals surface area contributed by atoms with E-state index < -0.39 is 0 Å². The maximum absolute atomic E-state index is 4.10. The predicted molar refractivity (Wildman–Crippen MR) is 50.1 cm³/mol. The second kappa shape index (κ2) is 4.25. The zero-order valence-electron chi connectivity index (χ0n) is 4.37. The maximum atomic E-state index is 4.10. The fraction of sp³-hybridized carbons (Fsp3) is 1.00. The molecule has 1 rings (SSSR count). The first-order valence-corrected chi connectivity index (χ1v) is 6.24. The number of hydrogen-bond acceptors (Lipinski definition) is 4. The Morgan fingerprint density at radius 2 is 2.38 bits per heavy atom. The first-order valence-electron chi connectivity index (χ1n) is 2.35. The Labute approximate surface area is 68.4 Å². The van der Waals surface area contributed by atoms with Crippen LogP contribution in [-0.4, -0.2) is 20.5 Å². The van der Waals surface area contributed by atoms with Crippen LogP contribution in [0.25, 0.3) is 0 Å². The van der Waals surface area contributed by atoms with Crippen LogP contribution in [0.3, 0.4) is 0 Å². The number of thiol groups is 1. The lowest BCUT2D eigenvalue weighted by atomic mass is 10.9. The first-order chi connectivity index (χ1) is 3.93. The Balaban J connectivity index is 1.86. The standard InChI is InChI=1S/C4H8S4/c5-2-6-1-4-7-3-8-4/h4-5H,1-3H2. The summed E-state index contributed by atoms with van der Waals surface area (Å²) in [6.07, 6.45) is 0. The van der Waals surface area contributed by atoms with Crippen LogP contribution in [0.1, 0.15) is 0 Å². The molecule has 0 amide bonds. The maximum Gasteiger partial charge on any atom is 0.0609 e. The minimum Gasteiger partial charge on any atom is -0.168 e. The lowest BCUT2D eigenvalue weighted by Gasteiger charge is -2.23. The lowest BCUT2D eigenvalue weighted by Crippen LogP contribution is -2.10. The molecular formula is C4H8S4. The molecule has 0 aromatic carbocycles. The van der Waals surface area contributed by atoms with Gasteiger partial charge in [0.1, 0.15) is 0 Å². The van der Waals surface area contributed by atoms with E-state index in [-0.39, 0.29) is 0 Å². The molecule has 48 valence electrons. The van der Waals surface area contributed by atoms with E-state index in [1.807, 2.05) is 11.8 Å². The molecule has 1 fully saturated rings. The topological polar surface area (TPSA) is 0 Å². The van der Waals surface area contributed by atoms with Gasteiger partial charge in [-0.2, -0.15) is 12.6 Å². The van der Waals surface area contributed by atoms with Crippen molar-refractivity contribution in [3.8, 4) is 0 Å². The van der Waals surface area contributed by atoms with Gasteiger partial charge in [0.25, 0.3) is 0 Å². The normalized spacial score (nSPS) is 20.6. The Hall–Kier alpha value is 1.40. The third-order valence-corrected chi connectivity index (χ3v) is 5.56. The highest BCUT2D eigenvalue weighted by Crippen LogP contribution is 2.40. The quantitative estimate of drug-likeness (QED) is 0.529. The molecule has 0 N–H and O–H groups in total. The second-order valence-electron chi connectivity index (χ2n) is 1.38. The van der Waals surface area contributed by atoms with E-state index in [2.05, 4.69) is 36.2 Å². The second-order valence-corrected chi connectivity index (χ2v) is 6.20. The highest BCUT2D eigenvalue weighted by atomic mass is 32.3. The van der Waals surface area contributed by atoms with Crippen LogP contribution in [0.4, 0.5) is 0 Å². The zero-order chi connectivity index (χ0) is 5.82. The van der Waals surface area contributed by atoms with Crippen LogP contribution in [0, 0.1) is 0 Å². The summed E-state index contributed by atoms with van der Waals surface area (Å²) in [5.41, 5.74) is 0. The molecule has 0 bridgehead atoms. The Bertz CT molecular complexity index is 61.1. The van der Waals surface area contributed by atoms with Crippen LogP contribution in [-0.2, 0) is 0 Å². The molecule has 0 spiro atoms. The number of thioether (sulfide) groups is 3. The van der Waals surface area contributed by atoms with Crippen molar-refractivity contribution in [2.75, 3.05) is 15.9 Å². The van der Waals surface area contributed by atoms with Gasteiger partial charge in [-0.25, -0.2) is 0 Å². The monoisotopic (exact) mass is 184 g/mol. The summed E-state index contributed by atoms with van der Waals surface area (Å²) in [5, 5.41) is 2.27. The summed E-state index contributed by atoms with van der Waals surface area (Å²) >= 11 is 10.1. The molecule has 1 saturated heterocycles. The van der Waals surface area contributed by atoms with Gasteiger partial charge in [-0.3, -0.25) is 0 Å². The van der Waals surface area contributed by atoms with Gasteiger partial charge in [0.2, 0.25) is 0 Å². The van der Waals surface area contributed by atoms with Crippen LogP contribution in [0.15, 0.2) is 0 Å². The molecule has 0 radical (unpaired) electrons. The molecule has 0 nitrogen and oxygen atoms in total. The van der Waals surface area contributed by atoms with Gasteiger partial charge in [-0.05, 0) is 0 Å². The molecule has 1 aliphatic rings. The van der Waals surface area contributed by atoms with Crippen LogP contribution >= 0.6 is 47.9 Å². The summed E-state index contributed by atoms with van der Waals surface area (Å²) in [6.45, 7) is 0. The summed E-state index contributed by atoms with van der Waals surface area (Å²) in [4.78, 5) is 0. The molecule has 1 heterocycles. The third-order valence-electron chi connectivity index (χ3n) is 0.853. The van der Waals surface area contributed by atoms with Crippen molar-refractivity contribution in [3.63, 3.8) is 0 Å². The van der Waals surface area contributed by atoms with Crippen molar-refractivity contribution in [3.05, 3.63) is 0 Å². The van der Waals surface area contributed by atoms with Crippen molar-refractivity contribution in [2.45, 2.75) is 4.58 Å². The van der Waals surface area contributed by atoms with Gasteiger partial charge in [-0.15, -0.1) is 35.3 Å². The molecule has 0 saturated carbocycles. The van der Waals surface area contributed by atoms with Crippen LogP contribution < -0.4 is 0 Å². The summed E-state index contributed by atoms with van der Waals surface area (Å²) in [6, 6.07) is 0. The Morgan fingerprint density at radius 3 is 2.75 bits per heavy atom. The van der Waals surface area contributed by atoms with E-state index in [0.29, 0.717) is 0 Å². The smallest absolute Gasteiger partial charge is 0.0609 e. The van der Waals surface area contributed by atoms with E-state index in [0.717, 1.165) is 9.67 Å². The largest absolute Gasteiger partial charge is 0.168 e. The van der Waals surface area contributed by atoms with Gasteiger partial charge in [0.15, 0.2) is 0 Å². The summed E-state index contributed by atoms with van der Waals surface area (Å²) < 4.78 is 0.882. The van der Waals surface area contributed by atoms with Gasteiger partial charge in [0, 0.05) is 15.9 Å². The average Bonchev–Trinajstić information content (AvgIpc) is 1.63. The SMILES string of the molecule is SCSCC1SCS1. The molecule has 8 heavy (non-hydrogen) atoms. The summed E-state index contributed by atoms with van der Waals surface area (Å²) in [5.74, 6) is 1.28. The molecule has 0 aliphatic carbocycles. The van der Waals surface area contributed by atoms with Gasteiger partial charge >= 0.3 is 0 Å². The van der Waals surface area contributed by atoms with Crippen molar-refractivity contribution < 1.29 is 0 Å². The first kappa shape index (κ1) is 7.51. The average molecular weight is 184 g/mol. The van der Waals surface area contributed by atoms with Crippen molar-refractivity contribution >= 4 is 47.9 Å². The molecular weight excluding hydrogens is 176 g/mol. The van der Waals surface area contributed by atoms with E-state index in [1.54, 1.807) is 0 Å². The van der Waals surface area contributed by atoms with Crippen LogP contribution in [0.2, 0.25) is 0 Å². The van der Waals surface area contributed by atoms with Gasteiger partial charge in [0.05, 0.1) is 4.58 Å². The molecule has 0 atom stereocenters. The minimum absolute atomic E-state index is 0.882. The molecule has 0 aromatic heterocycles. The highest BCUT2D eigenvalue weighted by Gasteiger charge is 2.17. The minimum atomic E-state index is 0.882. The van der Waals surface area contributed by atoms with Crippen molar-refractivity contribution in [1.29, 1.82) is 0 Å². The number of rotatable bonds is 3. The van der Waals surface area contributed by atoms with Crippen LogP contribution in [0.5, 0.6) is 0 Å². The lowest BCUT2D eigenvalue weighted by molar-refractivity contribution is 1.43. The van der Waals surface area contributed by atoms with Crippen molar-refractivity contribution in [1.82, 2.24) is 0 Å². The van der Waals surface area contributed by atoms with E-state index >= 15 is 0 Å². The van der Waals surface area contributed by atoms with Crippen molar-refractivity contribution in [2.24, 2.45) is 0 Å². The third kappa shape index (κ3) is 2.33. The zero-order valence-corrected chi connectivity index (χ0v) is 7.71. The molecule has 1 aliphatic heterocycles. The van der Waals surface area contributed by atoms with E-state index in [4.69, 9.17) is 0 Å². The summed E-state index contributed by atoms with van der Waals surface area (Å²) in [7, 11) is 0. The molecule has 0 unspecified atom stereocenters. The van der Waals surface area contributed by atoms with Gasteiger partial charge in [-0.1, -0.05) is 0 Å². The van der Waals surface area contributed by atoms with Gasteiger partial charge < -0.3 is 0 Å². The Kier molecular flexibility index (Phi) is 3.99. The highest BCUT2D eigenvalue weighted by molar-refractivity contribution is 8.33. The fourth-order valence-electron chi connectivity index (χ4n) is 0.409. The number of hydrogen-bond donors (Lipinski definition) is 1. The molecule has 4 heteroatoms. The fourth-order valence-corrected chi connectivity index (χ4v) is 3.68.